The Morgan fingerprint density at radius 3 is 2.69 bits per heavy atom. The van der Waals surface area contributed by atoms with Gasteiger partial charge in [0, 0.05) is 20.1 Å². The van der Waals surface area contributed by atoms with E-state index in [0.717, 1.165) is 12.8 Å². The van der Waals surface area contributed by atoms with Gasteiger partial charge >= 0.3 is 6.03 Å². The normalized spacial score (nSPS) is 19.0. The van der Waals surface area contributed by atoms with Gasteiger partial charge in [-0.25, -0.2) is 19.2 Å². The Kier molecular flexibility index (Phi) is 4.02. The number of fused-ring (bicyclic) bond motifs is 1. The molecule has 0 bridgehead atoms. The Labute approximate surface area is 150 Å². The average molecular weight is 355 g/mol. The Bertz CT molecular complexity index is 868. The van der Waals surface area contributed by atoms with Gasteiger partial charge in [0.2, 0.25) is 0 Å². The standard InChI is InChI=1S/C18H18FN5O2/c1-22-15(11-25)24(18(26)23-8-4-5-9-23)14-10-20-16(21-17(14)22)12-6-2-3-7-13(12)19/h2-3,6-7,10-11,15H,4-5,8-9H2,1H3. The predicted octanol–water partition coefficient (Wildman–Crippen LogP) is 2.28. The highest BCUT2D eigenvalue weighted by molar-refractivity contribution is 6.03. The summed E-state index contributed by atoms with van der Waals surface area (Å²) in [5.41, 5.74) is 0.734. The van der Waals surface area contributed by atoms with Crippen molar-refractivity contribution in [1.29, 1.82) is 0 Å². The van der Waals surface area contributed by atoms with Crippen molar-refractivity contribution in [2.75, 3.05) is 29.9 Å². The molecule has 1 unspecified atom stereocenters. The zero-order valence-corrected chi connectivity index (χ0v) is 14.3. The third-order valence-electron chi connectivity index (χ3n) is 4.82. The molecule has 7 nitrogen and oxygen atoms in total. The number of likely N-dealkylation sites (N-methyl/N-ethyl adjacent to an activating group) is 1. The van der Waals surface area contributed by atoms with Gasteiger partial charge < -0.3 is 9.80 Å². The fourth-order valence-corrected chi connectivity index (χ4v) is 3.44. The summed E-state index contributed by atoms with van der Waals surface area (Å²) in [5.74, 6) is 0.224. The summed E-state index contributed by atoms with van der Waals surface area (Å²) < 4.78 is 14.1. The Morgan fingerprint density at radius 1 is 1.27 bits per heavy atom. The number of anilines is 2. The minimum Gasteiger partial charge on any atom is -0.331 e. The molecule has 8 heteroatoms. The van der Waals surface area contributed by atoms with E-state index in [9.17, 15) is 14.0 Å². The maximum atomic E-state index is 14.1. The summed E-state index contributed by atoms with van der Waals surface area (Å²) in [5, 5.41) is 0. The van der Waals surface area contributed by atoms with Gasteiger partial charge in [0.05, 0.1) is 11.8 Å². The number of carbonyl (C=O) groups is 2. The van der Waals surface area contributed by atoms with Crippen LogP contribution in [0.2, 0.25) is 0 Å². The van der Waals surface area contributed by atoms with Gasteiger partial charge in [-0.1, -0.05) is 12.1 Å². The second-order valence-corrected chi connectivity index (χ2v) is 6.39. The SMILES string of the molecule is CN1c2nc(-c3ccccc3F)ncc2N(C(=O)N2CCCC2)C1C=O. The number of carbonyl (C=O) groups excluding carboxylic acids is 2. The molecule has 1 aromatic heterocycles. The third-order valence-corrected chi connectivity index (χ3v) is 4.82. The van der Waals surface area contributed by atoms with Crippen LogP contribution < -0.4 is 9.80 Å². The molecule has 0 N–H and O–H groups in total. The number of aromatic nitrogens is 2. The van der Waals surface area contributed by atoms with Crippen LogP contribution >= 0.6 is 0 Å². The first kappa shape index (κ1) is 16.4. The summed E-state index contributed by atoms with van der Waals surface area (Å²) in [6.07, 6.45) is 3.31. The number of likely N-dealkylation sites (tertiary alicyclic amines) is 1. The summed E-state index contributed by atoms with van der Waals surface area (Å²) in [4.78, 5) is 38.0. The number of rotatable bonds is 2. The van der Waals surface area contributed by atoms with Gasteiger partial charge in [-0.05, 0) is 25.0 Å². The molecule has 2 aliphatic heterocycles. The molecule has 2 amide bonds. The summed E-state index contributed by atoms with van der Waals surface area (Å²) in [6.45, 7) is 1.35. The van der Waals surface area contributed by atoms with E-state index in [4.69, 9.17) is 0 Å². The minimum atomic E-state index is -0.789. The van der Waals surface area contributed by atoms with Crippen LogP contribution in [0.1, 0.15) is 12.8 Å². The molecule has 134 valence electrons. The molecule has 1 fully saturated rings. The van der Waals surface area contributed by atoms with Gasteiger partial charge in [0.1, 0.15) is 11.5 Å². The van der Waals surface area contributed by atoms with E-state index in [-0.39, 0.29) is 17.4 Å². The van der Waals surface area contributed by atoms with E-state index >= 15 is 0 Å². The van der Waals surface area contributed by atoms with E-state index in [1.54, 1.807) is 35.0 Å². The monoisotopic (exact) mass is 355 g/mol. The van der Waals surface area contributed by atoms with E-state index in [0.29, 0.717) is 30.9 Å². The number of nitrogens with zero attached hydrogens (tertiary/aromatic N) is 5. The van der Waals surface area contributed by atoms with E-state index in [1.807, 2.05) is 0 Å². The van der Waals surface area contributed by atoms with Crippen molar-refractivity contribution in [2.45, 2.75) is 19.0 Å². The molecule has 0 saturated carbocycles. The molecule has 0 radical (unpaired) electrons. The average Bonchev–Trinajstić information content (AvgIpc) is 3.28. The minimum absolute atomic E-state index is 0.217. The maximum Gasteiger partial charge on any atom is 0.326 e. The first-order valence-corrected chi connectivity index (χ1v) is 8.50. The Hall–Kier alpha value is -3.03. The topological polar surface area (TPSA) is 69.6 Å². The van der Waals surface area contributed by atoms with Crippen LogP contribution in [-0.2, 0) is 4.79 Å². The molecule has 2 aliphatic rings. The Balaban J connectivity index is 1.76. The zero-order valence-electron chi connectivity index (χ0n) is 14.3. The number of urea groups is 1. The molecule has 1 atom stereocenters. The number of benzene rings is 1. The largest absolute Gasteiger partial charge is 0.331 e. The van der Waals surface area contributed by atoms with Crippen LogP contribution in [-0.4, -0.2) is 53.5 Å². The van der Waals surface area contributed by atoms with Crippen LogP contribution in [0.25, 0.3) is 11.4 Å². The summed E-state index contributed by atoms with van der Waals surface area (Å²) in [6, 6.07) is 6.00. The molecule has 2 aromatic rings. The van der Waals surface area contributed by atoms with Crippen molar-refractivity contribution in [3.8, 4) is 11.4 Å². The highest BCUT2D eigenvalue weighted by Gasteiger charge is 2.41. The second-order valence-electron chi connectivity index (χ2n) is 6.39. The van der Waals surface area contributed by atoms with Gasteiger partial charge in [0.25, 0.3) is 0 Å². The second kappa shape index (κ2) is 6.36. The molecule has 0 spiro atoms. The highest BCUT2D eigenvalue weighted by Crippen LogP contribution is 2.38. The number of hydrogen-bond donors (Lipinski definition) is 0. The molecule has 26 heavy (non-hydrogen) atoms. The smallest absolute Gasteiger partial charge is 0.326 e. The molecule has 1 saturated heterocycles. The molecular weight excluding hydrogens is 337 g/mol. The summed E-state index contributed by atoms with van der Waals surface area (Å²) in [7, 11) is 1.69. The van der Waals surface area contributed by atoms with Crippen LogP contribution in [0.15, 0.2) is 30.5 Å². The van der Waals surface area contributed by atoms with Gasteiger partial charge in [-0.15, -0.1) is 0 Å². The number of halogens is 1. The Morgan fingerprint density at radius 2 is 2.00 bits per heavy atom. The first-order chi connectivity index (χ1) is 12.6. The highest BCUT2D eigenvalue weighted by atomic mass is 19.1. The van der Waals surface area contributed by atoms with Gasteiger partial charge in [-0.3, -0.25) is 9.69 Å². The molecule has 1 aromatic carbocycles. The van der Waals surface area contributed by atoms with E-state index < -0.39 is 12.0 Å². The third kappa shape index (κ3) is 2.49. The van der Waals surface area contributed by atoms with Crippen molar-refractivity contribution in [3.05, 3.63) is 36.3 Å². The lowest BCUT2D eigenvalue weighted by Crippen LogP contribution is -2.50. The first-order valence-electron chi connectivity index (χ1n) is 8.50. The number of hydrogen-bond acceptors (Lipinski definition) is 5. The van der Waals surface area contributed by atoms with Crippen LogP contribution in [0, 0.1) is 5.82 Å². The van der Waals surface area contributed by atoms with Crippen LogP contribution in [0.4, 0.5) is 20.7 Å². The van der Waals surface area contributed by atoms with Gasteiger partial charge in [-0.2, -0.15) is 0 Å². The van der Waals surface area contributed by atoms with Crippen molar-refractivity contribution >= 4 is 23.8 Å². The number of aldehydes is 1. The molecule has 4 rings (SSSR count). The quantitative estimate of drug-likeness (QED) is 0.773. The molecular formula is C18H18FN5O2. The lowest BCUT2D eigenvalue weighted by atomic mass is 10.2. The van der Waals surface area contributed by atoms with Crippen molar-refractivity contribution in [2.24, 2.45) is 0 Å². The lowest BCUT2D eigenvalue weighted by molar-refractivity contribution is -0.108. The summed E-state index contributed by atoms with van der Waals surface area (Å²) >= 11 is 0. The maximum absolute atomic E-state index is 14.1. The molecule has 0 aliphatic carbocycles. The predicted molar refractivity (Wildman–Crippen MR) is 94.4 cm³/mol. The van der Waals surface area contributed by atoms with Crippen molar-refractivity contribution < 1.29 is 14.0 Å². The number of amides is 2. The van der Waals surface area contributed by atoms with E-state index in [1.165, 1.54) is 17.2 Å². The van der Waals surface area contributed by atoms with Crippen molar-refractivity contribution in [3.63, 3.8) is 0 Å². The molecule has 3 heterocycles. The van der Waals surface area contributed by atoms with E-state index in [2.05, 4.69) is 9.97 Å². The fourth-order valence-electron chi connectivity index (χ4n) is 3.44. The van der Waals surface area contributed by atoms with Crippen molar-refractivity contribution in [1.82, 2.24) is 14.9 Å². The fraction of sp³-hybridized carbons (Fsp3) is 0.333. The lowest BCUT2D eigenvalue weighted by Gasteiger charge is -2.28. The zero-order chi connectivity index (χ0) is 18.3. The van der Waals surface area contributed by atoms with Crippen LogP contribution in [0.5, 0.6) is 0 Å². The van der Waals surface area contributed by atoms with Gasteiger partial charge in [0.15, 0.2) is 24.1 Å². The van der Waals surface area contributed by atoms with Crippen LogP contribution in [0.3, 0.4) is 0 Å².